The summed E-state index contributed by atoms with van der Waals surface area (Å²) in [5.41, 5.74) is 7.23. The number of halogens is 1. The van der Waals surface area contributed by atoms with Crippen LogP contribution in [0.2, 0.25) is 5.15 Å². The molecule has 2 N–H and O–H groups in total. The van der Waals surface area contributed by atoms with Gasteiger partial charge in [0.1, 0.15) is 5.82 Å². The lowest BCUT2D eigenvalue weighted by molar-refractivity contribution is 0.441. The first-order valence-corrected chi connectivity index (χ1v) is 7.37. The summed E-state index contributed by atoms with van der Waals surface area (Å²) >= 11 is 8.22. The largest absolute Gasteiger partial charge is 0.329 e. The Morgan fingerprint density at radius 1 is 1.44 bits per heavy atom. The minimum atomic E-state index is 0.269. The van der Waals surface area contributed by atoms with E-state index < -0.39 is 0 Å². The second kappa shape index (κ2) is 4.24. The van der Waals surface area contributed by atoms with Gasteiger partial charge in [-0.3, -0.25) is 0 Å². The topological polar surface area (TPSA) is 43.8 Å². The number of imidazole rings is 1. The van der Waals surface area contributed by atoms with Crippen LogP contribution in [-0.2, 0) is 13.0 Å². The van der Waals surface area contributed by atoms with Crippen molar-refractivity contribution < 1.29 is 0 Å². The number of nitrogens with two attached hydrogens (primary N) is 1. The van der Waals surface area contributed by atoms with Gasteiger partial charge in [0, 0.05) is 24.3 Å². The number of nitrogens with zero attached hydrogens (tertiary/aromatic N) is 2. The van der Waals surface area contributed by atoms with E-state index in [1.807, 2.05) is 11.8 Å². The molecule has 2 aliphatic rings. The van der Waals surface area contributed by atoms with Crippen molar-refractivity contribution in [1.29, 1.82) is 0 Å². The van der Waals surface area contributed by atoms with Gasteiger partial charge in [-0.15, -0.1) is 0 Å². The van der Waals surface area contributed by atoms with E-state index in [4.69, 9.17) is 17.3 Å². The number of hydrogen-bond acceptors (Lipinski definition) is 3. The van der Waals surface area contributed by atoms with Gasteiger partial charge in [-0.05, 0) is 25.0 Å². The zero-order chi connectivity index (χ0) is 11.1. The second-order valence-electron chi connectivity index (χ2n) is 4.68. The van der Waals surface area contributed by atoms with Gasteiger partial charge in [0.2, 0.25) is 0 Å². The highest BCUT2D eigenvalue weighted by Gasteiger charge is 2.28. The lowest BCUT2D eigenvalue weighted by atomic mass is 10.0. The summed E-state index contributed by atoms with van der Waals surface area (Å²) < 4.78 is 2.28. The van der Waals surface area contributed by atoms with E-state index in [0.29, 0.717) is 11.1 Å². The first-order valence-electron chi connectivity index (χ1n) is 5.84. The summed E-state index contributed by atoms with van der Waals surface area (Å²) in [5, 5.41) is 0.707. The predicted molar refractivity (Wildman–Crippen MR) is 68.2 cm³/mol. The molecule has 2 unspecified atom stereocenters. The van der Waals surface area contributed by atoms with Gasteiger partial charge in [-0.2, -0.15) is 11.8 Å². The zero-order valence-corrected chi connectivity index (χ0v) is 10.7. The first-order chi connectivity index (χ1) is 7.75. The van der Waals surface area contributed by atoms with Crippen LogP contribution in [0, 0.1) is 0 Å². The van der Waals surface area contributed by atoms with Crippen LogP contribution in [0.25, 0.3) is 0 Å². The molecule has 3 heterocycles. The van der Waals surface area contributed by atoms with Crippen molar-refractivity contribution in [1.82, 2.24) is 9.55 Å². The molecular weight excluding hydrogens is 242 g/mol. The third-order valence-electron chi connectivity index (χ3n) is 3.52. The van der Waals surface area contributed by atoms with Crippen molar-refractivity contribution in [3.8, 4) is 0 Å². The van der Waals surface area contributed by atoms with Crippen LogP contribution in [0.15, 0.2) is 0 Å². The molecule has 0 saturated carbocycles. The molecule has 88 valence electrons. The maximum Gasteiger partial charge on any atom is 0.150 e. The maximum absolute atomic E-state index is 6.21. The molecule has 2 aliphatic heterocycles. The number of aromatic nitrogens is 2. The Hall–Kier alpha value is -0.190. The quantitative estimate of drug-likeness (QED) is 0.837. The van der Waals surface area contributed by atoms with Crippen LogP contribution >= 0.6 is 23.4 Å². The van der Waals surface area contributed by atoms with Crippen molar-refractivity contribution in [2.75, 3.05) is 11.5 Å². The van der Waals surface area contributed by atoms with Crippen LogP contribution in [0.4, 0.5) is 0 Å². The molecule has 1 aromatic heterocycles. The third-order valence-corrected chi connectivity index (χ3v) is 4.98. The van der Waals surface area contributed by atoms with Crippen molar-refractivity contribution in [2.24, 2.45) is 5.73 Å². The summed E-state index contributed by atoms with van der Waals surface area (Å²) in [6.07, 6.45) is 3.24. The molecule has 0 radical (unpaired) electrons. The van der Waals surface area contributed by atoms with E-state index >= 15 is 0 Å². The van der Waals surface area contributed by atoms with E-state index in [2.05, 4.69) is 9.55 Å². The average molecular weight is 258 g/mol. The molecule has 0 amide bonds. The minimum absolute atomic E-state index is 0.269. The molecule has 0 aliphatic carbocycles. The summed E-state index contributed by atoms with van der Waals surface area (Å²) in [6, 6.07) is 0.269. The predicted octanol–water partition coefficient (Wildman–Crippen LogP) is 2.03. The standard InChI is InChI=1S/C11H16ClN3S/c12-10-9-2-1-8(13)5-15(9)11(14-10)7-3-4-16-6-7/h7-8H,1-6,13H2. The SMILES string of the molecule is NC1CCc2c(Cl)nc(C3CCSC3)n2C1. The maximum atomic E-state index is 6.21. The third kappa shape index (κ3) is 1.77. The van der Waals surface area contributed by atoms with E-state index in [0.717, 1.165) is 19.4 Å². The normalized spacial score (nSPS) is 29.4. The molecule has 3 rings (SSSR count). The van der Waals surface area contributed by atoms with Crippen molar-refractivity contribution in [2.45, 2.75) is 37.8 Å². The highest BCUT2D eigenvalue weighted by atomic mass is 35.5. The molecule has 16 heavy (non-hydrogen) atoms. The number of hydrogen-bond donors (Lipinski definition) is 1. The fourth-order valence-electron chi connectivity index (χ4n) is 2.61. The molecule has 1 aromatic rings. The number of fused-ring (bicyclic) bond motifs is 1. The fourth-order valence-corrected chi connectivity index (χ4v) is 4.12. The molecule has 3 nitrogen and oxygen atoms in total. The van der Waals surface area contributed by atoms with E-state index in [-0.39, 0.29) is 6.04 Å². The average Bonchev–Trinajstić information content (AvgIpc) is 2.86. The zero-order valence-electron chi connectivity index (χ0n) is 9.16. The number of thioether (sulfide) groups is 1. The second-order valence-corrected chi connectivity index (χ2v) is 6.19. The van der Waals surface area contributed by atoms with Gasteiger partial charge in [0.05, 0.1) is 5.69 Å². The van der Waals surface area contributed by atoms with Crippen molar-refractivity contribution in [3.63, 3.8) is 0 Å². The molecular formula is C11H16ClN3S. The van der Waals surface area contributed by atoms with E-state index in [1.165, 1.54) is 29.4 Å². The smallest absolute Gasteiger partial charge is 0.150 e. The highest BCUT2D eigenvalue weighted by molar-refractivity contribution is 7.99. The molecule has 1 saturated heterocycles. The fraction of sp³-hybridized carbons (Fsp3) is 0.727. The van der Waals surface area contributed by atoms with Crippen LogP contribution < -0.4 is 5.73 Å². The number of rotatable bonds is 1. The van der Waals surface area contributed by atoms with E-state index in [1.54, 1.807) is 0 Å². The lowest BCUT2D eigenvalue weighted by Gasteiger charge is -2.23. The van der Waals surface area contributed by atoms with E-state index in [9.17, 15) is 0 Å². The van der Waals surface area contributed by atoms with Gasteiger partial charge >= 0.3 is 0 Å². The van der Waals surface area contributed by atoms with Crippen LogP contribution in [-0.4, -0.2) is 27.1 Å². The van der Waals surface area contributed by atoms with Crippen molar-refractivity contribution in [3.05, 3.63) is 16.7 Å². The minimum Gasteiger partial charge on any atom is -0.329 e. The van der Waals surface area contributed by atoms with Gasteiger partial charge in [-0.25, -0.2) is 4.98 Å². The molecule has 0 aromatic carbocycles. The summed E-state index contributed by atoms with van der Waals surface area (Å²) in [6.45, 7) is 0.894. The van der Waals surface area contributed by atoms with Gasteiger partial charge in [0.25, 0.3) is 0 Å². The summed E-state index contributed by atoms with van der Waals surface area (Å²) in [7, 11) is 0. The van der Waals surface area contributed by atoms with Gasteiger partial charge in [-0.1, -0.05) is 11.6 Å². The van der Waals surface area contributed by atoms with Crippen LogP contribution in [0.3, 0.4) is 0 Å². The Morgan fingerprint density at radius 2 is 2.31 bits per heavy atom. The Labute approximate surface area is 105 Å². The van der Waals surface area contributed by atoms with Crippen LogP contribution in [0.5, 0.6) is 0 Å². The van der Waals surface area contributed by atoms with Crippen molar-refractivity contribution >= 4 is 23.4 Å². The highest BCUT2D eigenvalue weighted by Crippen LogP contribution is 2.35. The first kappa shape index (κ1) is 10.9. The lowest BCUT2D eigenvalue weighted by Crippen LogP contribution is -2.33. The Balaban J connectivity index is 1.98. The monoisotopic (exact) mass is 257 g/mol. The van der Waals surface area contributed by atoms with Gasteiger partial charge < -0.3 is 10.3 Å². The molecule has 5 heteroatoms. The molecule has 0 spiro atoms. The van der Waals surface area contributed by atoms with Crippen LogP contribution in [0.1, 0.15) is 30.3 Å². The summed E-state index contributed by atoms with van der Waals surface area (Å²) in [5.74, 6) is 4.19. The van der Waals surface area contributed by atoms with Gasteiger partial charge in [0.15, 0.2) is 5.15 Å². The Kier molecular flexibility index (Phi) is 2.90. The molecule has 0 bridgehead atoms. The molecule has 1 fully saturated rings. The summed E-state index contributed by atoms with van der Waals surface area (Å²) in [4.78, 5) is 4.57. The Morgan fingerprint density at radius 3 is 3.06 bits per heavy atom. The Bertz CT molecular complexity index is 398. The molecule has 2 atom stereocenters.